The third-order valence-electron chi connectivity index (χ3n) is 5.38. The molecule has 1 unspecified atom stereocenters. The van der Waals surface area contributed by atoms with Gasteiger partial charge in [-0.25, -0.2) is 0 Å². The van der Waals surface area contributed by atoms with E-state index in [1.54, 1.807) is 25.3 Å². The van der Waals surface area contributed by atoms with Gasteiger partial charge in [-0.3, -0.25) is 14.5 Å². The zero-order valence-corrected chi connectivity index (χ0v) is 17.3. The number of methoxy groups -OCH3 is 1. The average molecular weight is 423 g/mol. The number of furan rings is 1. The molecule has 0 spiro atoms. The molecule has 1 aliphatic rings. The van der Waals surface area contributed by atoms with Crippen molar-refractivity contribution in [3.63, 3.8) is 0 Å². The van der Waals surface area contributed by atoms with Gasteiger partial charge in [0.2, 0.25) is 0 Å². The fourth-order valence-electron chi connectivity index (χ4n) is 3.69. The van der Waals surface area contributed by atoms with Crippen LogP contribution in [0.25, 0.3) is 11.5 Å². The Hall–Kier alpha value is -3.36. The quantitative estimate of drug-likeness (QED) is 0.606. The fourth-order valence-corrected chi connectivity index (χ4v) is 3.69. The van der Waals surface area contributed by atoms with Crippen LogP contribution in [0, 0.1) is 0 Å². The molecule has 1 saturated heterocycles. The number of carbonyl (C=O) groups is 1. The van der Waals surface area contributed by atoms with E-state index in [2.05, 4.69) is 15.2 Å². The van der Waals surface area contributed by atoms with Gasteiger partial charge in [0.05, 0.1) is 38.3 Å². The van der Waals surface area contributed by atoms with Crippen LogP contribution in [0.2, 0.25) is 0 Å². The highest BCUT2D eigenvalue weighted by atomic mass is 16.5. The largest absolute Gasteiger partial charge is 0.497 e. The summed E-state index contributed by atoms with van der Waals surface area (Å²) in [7, 11) is 1.63. The number of rotatable bonds is 7. The van der Waals surface area contributed by atoms with Crippen molar-refractivity contribution in [1.82, 2.24) is 15.2 Å². The number of carbonyl (C=O) groups excluding carboxylic acids is 1. The average Bonchev–Trinajstić information content (AvgIpc) is 3.35. The van der Waals surface area contributed by atoms with Crippen LogP contribution in [-0.2, 0) is 4.74 Å². The molecule has 4 rings (SSSR count). The van der Waals surface area contributed by atoms with Gasteiger partial charge in [0.15, 0.2) is 0 Å². The van der Waals surface area contributed by atoms with Gasteiger partial charge in [-0.1, -0.05) is 12.1 Å². The van der Waals surface area contributed by atoms with Crippen molar-refractivity contribution in [1.29, 1.82) is 0 Å². The molecule has 8 heteroatoms. The van der Waals surface area contributed by atoms with Crippen molar-refractivity contribution in [2.24, 2.45) is 0 Å². The number of aromatic amines is 1. The van der Waals surface area contributed by atoms with E-state index in [9.17, 15) is 9.59 Å². The smallest absolute Gasteiger partial charge is 0.261 e. The number of aromatic nitrogens is 1. The topological polar surface area (TPSA) is 96.8 Å². The molecular formula is C23H25N3O5. The normalized spacial score (nSPS) is 15.4. The fraction of sp³-hybridized carbons (Fsp3) is 0.304. The van der Waals surface area contributed by atoms with E-state index >= 15 is 0 Å². The Morgan fingerprint density at radius 2 is 1.94 bits per heavy atom. The van der Waals surface area contributed by atoms with E-state index in [1.807, 2.05) is 24.3 Å². The van der Waals surface area contributed by atoms with Crippen molar-refractivity contribution in [2.75, 3.05) is 40.0 Å². The highest BCUT2D eigenvalue weighted by Gasteiger charge is 2.24. The van der Waals surface area contributed by atoms with Crippen LogP contribution < -0.4 is 15.6 Å². The molecule has 1 aliphatic heterocycles. The number of morpholine rings is 1. The molecule has 2 N–H and O–H groups in total. The molecule has 1 aromatic carbocycles. The van der Waals surface area contributed by atoms with Crippen LogP contribution in [0.4, 0.5) is 0 Å². The first-order chi connectivity index (χ1) is 15.2. The molecule has 1 fully saturated rings. The first-order valence-electron chi connectivity index (χ1n) is 10.2. The van der Waals surface area contributed by atoms with Gasteiger partial charge < -0.3 is 24.2 Å². The van der Waals surface area contributed by atoms with Crippen LogP contribution in [0.1, 0.15) is 22.0 Å². The molecule has 1 amide bonds. The van der Waals surface area contributed by atoms with E-state index in [0.29, 0.717) is 31.2 Å². The lowest BCUT2D eigenvalue weighted by Gasteiger charge is -2.35. The first-order valence-corrected chi connectivity index (χ1v) is 10.2. The second-order valence-electron chi connectivity index (χ2n) is 7.24. The third-order valence-corrected chi connectivity index (χ3v) is 5.38. The van der Waals surface area contributed by atoms with Crippen molar-refractivity contribution >= 4 is 5.91 Å². The van der Waals surface area contributed by atoms with E-state index < -0.39 is 11.5 Å². The lowest BCUT2D eigenvalue weighted by Crippen LogP contribution is -2.44. The van der Waals surface area contributed by atoms with Gasteiger partial charge in [-0.05, 0) is 42.0 Å². The maximum Gasteiger partial charge on any atom is 0.261 e. The second kappa shape index (κ2) is 9.63. The molecule has 0 bridgehead atoms. The minimum atomic E-state index is -0.459. The molecule has 8 nitrogen and oxygen atoms in total. The van der Waals surface area contributed by atoms with Gasteiger partial charge in [-0.2, -0.15) is 0 Å². The molecule has 1 atom stereocenters. The molecule has 0 aliphatic carbocycles. The Morgan fingerprint density at radius 1 is 1.16 bits per heavy atom. The number of amides is 1. The van der Waals surface area contributed by atoms with Gasteiger partial charge in [0, 0.05) is 19.6 Å². The van der Waals surface area contributed by atoms with E-state index in [4.69, 9.17) is 13.9 Å². The number of nitrogens with zero attached hydrogens (tertiary/aromatic N) is 1. The summed E-state index contributed by atoms with van der Waals surface area (Å²) in [5.41, 5.74) is 1.19. The van der Waals surface area contributed by atoms with Crippen molar-refractivity contribution < 1.29 is 18.7 Å². The Bertz CT molecular complexity index is 1050. The zero-order chi connectivity index (χ0) is 21.6. The lowest BCUT2D eigenvalue weighted by molar-refractivity contribution is 0.0162. The summed E-state index contributed by atoms with van der Waals surface area (Å²) in [4.78, 5) is 30.2. The van der Waals surface area contributed by atoms with E-state index in [0.717, 1.165) is 24.4 Å². The number of benzene rings is 1. The van der Waals surface area contributed by atoms with Gasteiger partial charge in [0.25, 0.3) is 11.5 Å². The van der Waals surface area contributed by atoms with Crippen molar-refractivity contribution in [3.05, 3.63) is 76.3 Å². The molecule has 0 saturated carbocycles. The van der Waals surface area contributed by atoms with Crippen molar-refractivity contribution in [3.8, 4) is 17.2 Å². The van der Waals surface area contributed by atoms with Crippen LogP contribution in [0.5, 0.6) is 5.75 Å². The molecule has 2 aromatic heterocycles. The Labute approximate surface area is 179 Å². The Morgan fingerprint density at radius 3 is 2.58 bits per heavy atom. The first kappa shape index (κ1) is 20.9. The Balaban J connectivity index is 1.49. The molecule has 3 aromatic rings. The van der Waals surface area contributed by atoms with Crippen LogP contribution in [0.3, 0.4) is 0 Å². The predicted molar refractivity (Wildman–Crippen MR) is 115 cm³/mol. The number of ether oxygens (including phenoxy) is 2. The van der Waals surface area contributed by atoms with E-state index in [1.165, 1.54) is 12.3 Å². The number of hydrogen-bond acceptors (Lipinski definition) is 6. The van der Waals surface area contributed by atoms with Crippen LogP contribution >= 0.6 is 0 Å². The second-order valence-corrected chi connectivity index (χ2v) is 7.24. The highest BCUT2D eigenvalue weighted by Crippen LogP contribution is 2.24. The Kier molecular flexibility index (Phi) is 6.49. The monoisotopic (exact) mass is 423 g/mol. The zero-order valence-electron chi connectivity index (χ0n) is 17.3. The summed E-state index contributed by atoms with van der Waals surface area (Å²) in [6.07, 6.45) is 1.53. The minimum Gasteiger partial charge on any atom is -0.497 e. The summed E-state index contributed by atoms with van der Waals surface area (Å²) < 4.78 is 16.0. The maximum atomic E-state index is 12.8. The standard InChI is InChI=1S/C23H25N3O5/c1-29-17-6-4-16(5-7-17)20(26-10-13-30-14-11-26)15-24-22(27)18-8-9-19(25-23(18)28)21-3-2-12-31-21/h2-9,12,20H,10-11,13-15H2,1H3,(H,24,27)(H,25,28). The van der Waals surface area contributed by atoms with Crippen LogP contribution in [0.15, 0.2) is 64.0 Å². The predicted octanol–water partition coefficient (Wildman–Crippen LogP) is 2.45. The summed E-state index contributed by atoms with van der Waals surface area (Å²) in [6.45, 7) is 3.20. The number of nitrogens with one attached hydrogen (secondary N) is 2. The minimum absolute atomic E-state index is 0.0415. The third kappa shape index (κ3) is 4.87. The number of hydrogen-bond donors (Lipinski definition) is 2. The molecular weight excluding hydrogens is 398 g/mol. The molecule has 162 valence electrons. The highest BCUT2D eigenvalue weighted by molar-refractivity contribution is 5.94. The van der Waals surface area contributed by atoms with Gasteiger partial charge >= 0.3 is 0 Å². The van der Waals surface area contributed by atoms with Gasteiger partial charge in [-0.15, -0.1) is 0 Å². The SMILES string of the molecule is COc1ccc(C(CNC(=O)c2ccc(-c3ccco3)[nH]c2=O)N2CCOCC2)cc1. The van der Waals surface area contributed by atoms with Crippen LogP contribution in [-0.4, -0.2) is 55.7 Å². The number of pyridine rings is 1. The summed E-state index contributed by atoms with van der Waals surface area (Å²) in [6, 6.07) is 14.4. The molecule has 31 heavy (non-hydrogen) atoms. The van der Waals surface area contributed by atoms with Gasteiger partial charge in [0.1, 0.15) is 17.1 Å². The summed E-state index contributed by atoms with van der Waals surface area (Å²) in [5, 5.41) is 2.92. The molecule has 0 radical (unpaired) electrons. The number of H-pyrrole nitrogens is 1. The molecule has 3 heterocycles. The maximum absolute atomic E-state index is 12.8. The van der Waals surface area contributed by atoms with Crippen molar-refractivity contribution in [2.45, 2.75) is 6.04 Å². The summed E-state index contributed by atoms with van der Waals surface area (Å²) >= 11 is 0. The lowest BCUT2D eigenvalue weighted by atomic mass is 10.0. The summed E-state index contributed by atoms with van der Waals surface area (Å²) in [5.74, 6) is 0.895. The van der Waals surface area contributed by atoms with E-state index in [-0.39, 0.29) is 11.6 Å².